The van der Waals surface area contributed by atoms with Gasteiger partial charge in [-0.05, 0) is 17.7 Å². The van der Waals surface area contributed by atoms with Crippen molar-refractivity contribution < 1.29 is 14.3 Å². The van der Waals surface area contributed by atoms with E-state index < -0.39 is 35.2 Å². The SMILES string of the molecule is Cn1c(N)c(C(=O)COC(=O)Cc2ccc(Cl)cc2)c(=O)[nH]c1=O. The number of esters is 1. The molecule has 0 aliphatic rings. The summed E-state index contributed by atoms with van der Waals surface area (Å²) < 4.78 is 5.78. The lowest BCUT2D eigenvalue weighted by molar-refractivity contribution is -0.141. The first-order valence-electron chi connectivity index (χ1n) is 6.81. The van der Waals surface area contributed by atoms with Crippen LogP contribution >= 0.6 is 11.6 Å². The number of hydrogen-bond donors (Lipinski definition) is 2. The number of rotatable bonds is 5. The first-order chi connectivity index (χ1) is 11.3. The highest BCUT2D eigenvalue weighted by molar-refractivity contribution is 6.30. The van der Waals surface area contributed by atoms with Gasteiger partial charge in [-0.25, -0.2) is 4.79 Å². The van der Waals surface area contributed by atoms with Crippen molar-refractivity contribution in [3.63, 3.8) is 0 Å². The Kier molecular flexibility index (Phi) is 5.20. The van der Waals surface area contributed by atoms with Gasteiger partial charge in [0.25, 0.3) is 5.56 Å². The molecule has 0 bridgehead atoms. The van der Waals surface area contributed by atoms with Crippen molar-refractivity contribution in [3.8, 4) is 0 Å². The van der Waals surface area contributed by atoms with Gasteiger partial charge in [-0.1, -0.05) is 23.7 Å². The number of halogens is 1. The number of Topliss-reactive ketones (excluding diaryl/α,β-unsaturated/α-hetero) is 1. The fourth-order valence-corrected chi connectivity index (χ4v) is 2.07. The zero-order valence-electron chi connectivity index (χ0n) is 12.7. The van der Waals surface area contributed by atoms with E-state index in [9.17, 15) is 19.2 Å². The Morgan fingerprint density at radius 2 is 1.88 bits per heavy atom. The summed E-state index contributed by atoms with van der Waals surface area (Å²) in [6.07, 6.45) is -0.0520. The second-order valence-electron chi connectivity index (χ2n) is 4.97. The number of anilines is 1. The molecular weight excluding hydrogens is 338 g/mol. The van der Waals surface area contributed by atoms with E-state index >= 15 is 0 Å². The number of ketones is 1. The maximum Gasteiger partial charge on any atom is 0.329 e. The predicted octanol–water partition coefficient (Wildman–Crippen LogP) is 0.278. The van der Waals surface area contributed by atoms with Crippen molar-refractivity contribution in [1.82, 2.24) is 9.55 Å². The Morgan fingerprint density at radius 3 is 2.50 bits per heavy atom. The third-order valence-electron chi connectivity index (χ3n) is 3.27. The van der Waals surface area contributed by atoms with Crippen LogP contribution in [0.2, 0.25) is 5.02 Å². The standard InChI is InChI=1S/C15H14ClN3O5/c1-19-13(17)12(14(22)18-15(19)23)10(20)7-24-11(21)6-8-2-4-9(16)5-3-8/h2-5H,6-7,17H2,1H3,(H,18,22,23). The minimum Gasteiger partial charge on any atom is -0.457 e. The van der Waals surface area contributed by atoms with Crippen molar-refractivity contribution in [1.29, 1.82) is 0 Å². The van der Waals surface area contributed by atoms with Crippen LogP contribution in [0.3, 0.4) is 0 Å². The highest BCUT2D eigenvalue weighted by Gasteiger charge is 2.19. The molecule has 0 fully saturated rings. The first kappa shape index (κ1) is 17.5. The molecule has 0 saturated carbocycles. The Balaban J connectivity index is 2.04. The molecular formula is C15H14ClN3O5. The molecule has 2 aromatic rings. The van der Waals surface area contributed by atoms with Gasteiger partial charge in [0.05, 0.1) is 6.42 Å². The molecule has 3 N–H and O–H groups in total. The van der Waals surface area contributed by atoms with Gasteiger partial charge in [0.2, 0.25) is 5.78 Å². The molecule has 1 aromatic carbocycles. The highest BCUT2D eigenvalue weighted by atomic mass is 35.5. The lowest BCUT2D eigenvalue weighted by Gasteiger charge is -2.08. The largest absolute Gasteiger partial charge is 0.457 e. The van der Waals surface area contributed by atoms with Crippen molar-refractivity contribution >= 4 is 29.2 Å². The minimum absolute atomic E-state index is 0.0520. The first-order valence-corrected chi connectivity index (χ1v) is 7.19. The maximum absolute atomic E-state index is 12.0. The third-order valence-corrected chi connectivity index (χ3v) is 3.53. The number of carbonyl (C=O) groups excluding carboxylic acids is 2. The van der Waals surface area contributed by atoms with Gasteiger partial charge >= 0.3 is 11.7 Å². The summed E-state index contributed by atoms with van der Waals surface area (Å²) in [4.78, 5) is 48.8. The van der Waals surface area contributed by atoms with Crippen LogP contribution in [0, 0.1) is 0 Å². The van der Waals surface area contributed by atoms with Crippen LogP contribution in [0.5, 0.6) is 0 Å². The molecule has 0 aliphatic carbocycles. The Morgan fingerprint density at radius 1 is 1.25 bits per heavy atom. The second kappa shape index (κ2) is 7.14. The lowest BCUT2D eigenvalue weighted by Crippen LogP contribution is -2.35. The Hall–Kier alpha value is -2.87. The van der Waals surface area contributed by atoms with Crippen LogP contribution in [-0.4, -0.2) is 27.9 Å². The van der Waals surface area contributed by atoms with Gasteiger partial charge in [0, 0.05) is 12.1 Å². The number of carbonyl (C=O) groups is 2. The number of hydrogen-bond acceptors (Lipinski definition) is 6. The van der Waals surface area contributed by atoms with Gasteiger partial charge in [-0.2, -0.15) is 0 Å². The summed E-state index contributed by atoms with van der Waals surface area (Å²) in [6, 6.07) is 6.56. The average molecular weight is 352 g/mol. The Bertz CT molecular complexity index is 899. The van der Waals surface area contributed by atoms with E-state index in [1.807, 2.05) is 4.98 Å². The summed E-state index contributed by atoms with van der Waals surface area (Å²) in [7, 11) is 1.30. The smallest absolute Gasteiger partial charge is 0.329 e. The molecule has 0 unspecified atom stereocenters. The number of H-pyrrole nitrogens is 1. The Labute approximate surface area is 140 Å². The number of nitrogens with zero attached hydrogens (tertiary/aromatic N) is 1. The monoisotopic (exact) mass is 351 g/mol. The van der Waals surface area contributed by atoms with E-state index in [1.54, 1.807) is 24.3 Å². The summed E-state index contributed by atoms with van der Waals surface area (Å²) >= 11 is 5.74. The zero-order chi connectivity index (χ0) is 17.9. The van der Waals surface area contributed by atoms with Crippen molar-refractivity contribution in [2.24, 2.45) is 7.05 Å². The molecule has 1 aromatic heterocycles. The van der Waals surface area contributed by atoms with Gasteiger partial charge in [-0.15, -0.1) is 0 Å². The van der Waals surface area contributed by atoms with Crippen LogP contribution in [-0.2, 0) is 23.0 Å². The molecule has 1 heterocycles. The molecule has 2 rings (SSSR count). The average Bonchev–Trinajstić information content (AvgIpc) is 2.53. The molecule has 24 heavy (non-hydrogen) atoms. The molecule has 0 saturated heterocycles. The molecule has 0 amide bonds. The summed E-state index contributed by atoms with van der Waals surface area (Å²) in [5, 5.41) is 0.534. The topological polar surface area (TPSA) is 124 Å². The van der Waals surface area contributed by atoms with Crippen LogP contribution in [0.1, 0.15) is 15.9 Å². The van der Waals surface area contributed by atoms with E-state index in [0.717, 1.165) is 4.57 Å². The van der Waals surface area contributed by atoms with E-state index in [1.165, 1.54) is 7.05 Å². The highest BCUT2D eigenvalue weighted by Crippen LogP contribution is 2.10. The molecule has 0 spiro atoms. The summed E-state index contributed by atoms with van der Waals surface area (Å²) in [5.41, 5.74) is 4.18. The number of nitrogens with one attached hydrogen (secondary N) is 1. The number of ether oxygens (including phenoxy) is 1. The number of aromatic amines is 1. The molecule has 126 valence electrons. The normalized spacial score (nSPS) is 10.4. The fraction of sp³-hybridized carbons (Fsp3) is 0.200. The van der Waals surface area contributed by atoms with Gasteiger partial charge < -0.3 is 10.5 Å². The lowest BCUT2D eigenvalue weighted by atomic mass is 10.1. The fourth-order valence-electron chi connectivity index (χ4n) is 1.94. The molecule has 9 heteroatoms. The van der Waals surface area contributed by atoms with E-state index in [-0.39, 0.29) is 12.2 Å². The molecule has 0 atom stereocenters. The molecule has 0 radical (unpaired) electrons. The van der Waals surface area contributed by atoms with Crippen molar-refractivity contribution in [2.45, 2.75) is 6.42 Å². The van der Waals surface area contributed by atoms with Crippen LogP contribution in [0.25, 0.3) is 0 Å². The second-order valence-corrected chi connectivity index (χ2v) is 5.40. The molecule has 8 nitrogen and oxygen atoms in total. The predicted molar refractivity (Wildman–Crippen MR) is 87.2 cm³/mol. The van der Waals surface area contributed by atoms with Crippen LogP contribution in [0.15, 0.2) is 33.9 Å². The van der Waals surface area contributed by atoms with Crippen molar-refractivity contribution in [3.05, 3.63) is 61.3 Å². The van der Waals surface area contributed by atoms with Gasteiger partial charge in [0.15, 0.2) is 6.61 Å². The number of aromatic nitrogens is 2. The maximum atomic E-state index is 12.0. The van der Waals surface area contributed by atoms with E-state index in [0.29, 0.717) is 10.6 Å². The summed E-state index contributed by atoms with van der Waals surface area (Å²) in [5.74, 6) is -1.73. The van der Waals surface area contributed by atoms with Crippen molar-refractivity contribution in [2.75, 3.05) is 12.3 Å². The van der Waals surface area contributed by atoms with E-state index in [4.69, 9.17) is 22.1 Å². The van der Waals surface area contributed by atoms with Gasteiger partial charge in [0.1, 0.15) is 11.4 Å². The zero-order valence-corrected chi connectivity index (χ0v) is 13.4. The number of nitrogen functional groups attached to an aromatic ring is 1. The third kappa shape index (κ3) is 3.90. The number of benzene rings is 1. The summed E-state index contributed by atoms with van der Waals surface area (Å²) in [6.45, 7) is -0.655. The van der Waals surface area contributed by atoms with Gasteiger partial charge in [-0.3, -0.25) is 23.9 Å². The minimum atomic E-state index is -0.922. The van der Waals surface area contributed by atoms with E-state index in [2.05, 4.69) is 0 Å². The number of nitrogens with two attached hydrogens (primary N) is 1. The quantitative estimate of drug-likeness (QED) is 0.589. The molecule has 0 aliphatic heterocycles. The van der Waals surface area contributed by atoms with Crippen LogP contribution in [0.4, 0.5) is 5.82 Å². The van der Waals surface area contributed by atoms with Crippen LogP contribution < -0.4 is 17.0 Å².